The first-order valence-corrected chi connectivity index (χ1v) is 8.28. The first kappa shape index (κ1) is 20.4. The van der Waals surface area contributed by atoms with Gasteiger partial charge in [-0.25, -0.2) is 0 Å². The number of carbonyl (C=O) groups is 2. The van der Waals surface area contributed by atoms with Crippen LogP contribution in [0.15, 0.2) is 24.3 Å². The van der Waals surface area contributed by atoms with Crippen LogP contribution in [0.3, 0.4) is 0 Å². The number of ketones is 2. The number of carbonyl (C=O) groups excluding carboxylic acids is 2. The molecule has 0 atom stereocenters. The van der Waals surface area contributed by atoms with E-state index in [-0.39, 0.29) is 48.0 Å². The number of rotatable bonds is 3. The Kier molecular flexibility index (Phi) is 6.57. The molecule has 0 unspecified atom stereocenters. The second kappa shape index (κ2) is 8.68. The van der Waals surface area contributed by atoms with E-state index in [9.17, 15) is 23.5 Å². The van der Waals surface area contributed by atoms with Crippen molar-refractivity contribution in [1.29, 1.82) is 0 Å². The van der Waals surface area contributed by atoms with E-state index >= 15 is 0 Å². The minimum absolute atomic E-state index is 0.0132. The lowest BCUT2D eigenvalue weighted by atomic mass is 10.0. The molecule has 3 N–H and O–H groups in total. The number of ether oxygens (including phenoxy) is 1. The highest BCUT2D eigenvalue weighted by atomic mass is 35.5. The molecule has 1 aliphatic heterocycles. The second-order valence-electron chi connectivity index (χ2n) is 5.45. The third-order valence-electron chi connectivity index (χ3n) is 3.67. The summed E-state index contributed by atoms with van der Waals surface area (Å²) in [6, 6.07) is 4.69. The summed E-state index contributed by atoms with van der Waals surface area (Å²) in [5.41, 5.74) is 0.0440. The second-order valence-corrected chi connectivity index (χ2v) is 5.83. The van der Waals surface area contributed by atoms with Crippen LogP contribution in [0.1, 0.15) is 33.6 Å². The van der Waals surface area contributed by atoms with Crippen molar-refractivity contribution in [3.8, 4) is 23.0 Å². The van der Waals surface area contributed by atoms with Gasteiger partial charge in [0.25, 0.3) is 0 Å². The number of phenolic OH excluding ortho intramolecular Hbond substituents is 3. The van der Waals surface area contributed by atoms with Gasteiger partial charge in [0.1, 0.15) is 0 Å². The molecule has 6 nitrogen and oxygen atoms in total. The third kappa shape index (κ3) is 4.46. The predicted molar refractivity (Wildman–Crippen MR) is 91.9 cm³/mol. The molecule has 0 aromatic heterocycles. The van der Waals surface area contributed by atoms with Crippen LogP contribution in [0.5, 0.6) is 23.0 Å². The molecular formula is C18H15ClF2O6. The number of hydrogen-bond acceptors (Lipinski definition) is 6. The van der Waals surface area contributed by atoms with Crippen LogP contribution < -0.4 is 4.74 Å². The quantitative estimate of drug-likeness (QED) is 0.537. The summed E-state index contributed by atoms with van der Waals surface area (Å²) in [5, 5.41) is 27.0. The SMILES string of the molecule is O=C(CCCl)c1ccc(O)c(F)c1O.O=C1CCOc2c1ccc(O)c2F. The number of fused-ring (bicyclic) bond motifs is 1. The van der Waals surface area contributed by atoms with Crippen molar-refractivity contribution in [2.75, 3.05) is 12.5 Å². The number of hydrogen-bond donors (Lipinski definition) is 3. The van der Waals surface area contributed by atoms with Crippen LogP contribution in [-0.2, 0) is 0 Å². The highest BCUT2D eigenvalue weighted by molar-refractivity contribution is 6.19. The number of phenols is 3. The summed E-state index contributed by atoms with van der Waals surface area (Å²) in [6.07, 6.45) is 0.274. The molecule has 144 valence electrons. The molecule has 0 saturated heterocycles. The Hall–Kier alpha value is -2.87. The van der Waals surface area contributed by atoms with Crippen molar-refractivity contribution in [2.45, 2.75) is 12.8 Å². The highest BCUT2D eigenvalue weighted by Gasteiger charge is 2.23. The normalized spacial score (nSPS) is 12.5. The standard InChI is InChI=1S/C9H8ClFO3.C9H7FO3/c10-4-3-6(12)5-1-2-7(13)8(11)9(5)14;10-8-7(12)2-1-5-6(11)3-4-13-9(5)8/h1-2,13-14H,3-4H2;1-2,12H,3-4H2. The minimum atomic E-state index is -1.19. The number of alkyl halides is 1. The van der Waals surface area contributed by atoms with Crippen LogP contribution in [0, 0.1) is 11.6 Å². The Labute approximate surface area is 157 Å². The van der Waals surface area contributed by atoms with E-state index in [0.717, 1.165) is 18.2 Å². The van der Waals surface area contributed by atoms with Gasteiger partial charge in [-0.1, -0.05) is 0 Å². The van der Waals surface area contributed by atoms with Gasteiger partial charge in [0.15, 0.2) is 34.6 Å². The highest BCUT2D eigenvalue weighted by Crippen LogP contribution is 2.33. The molecule has 2 aromatic rings. The van der Waals surface area contributed by atoms with Gasteiger partial charge in [-0.05, 0) is 24.3 Å². The van der Waals surface area contributed by atoms with Crippen LogP contribution in [-0.4, -0.2) is 39.4 Å². The monoisotopic (exact) mass is 400 g/mol. The van der Waals surface area contributed by atoms with Gasteiger partial charge in [-0.15, -0.1) is 11.6 Å². The molecule has 0 aliphatic carbocycles. The van der Waals surface area contributed by atoms with Crippen molar-refractivity contribution in [2.24, 2.45) is 0 Å². The molecule has 9 heteroatoms. The lowest BCUT2D eigenvalue weighted by Crippen LogP contribution is -2.16. The van der Waals surface area contributed by atoms with E-state index in [1.165, 1.54) is 6.07 Å². The number of Topliss-reactive ketones (excluding diaryl/α,β-unsaturated/α-hetero) is 2. The maximum Gasteiger partial charge on any atom is 0.207 e. The van der Waals surface area contributed by atoms with E-state index in [1.807, 2.05) is 0 Å². The topological polar surface area (TPSA) is 104 Å². The fraction of sp³-hybridized carbons (Fsp3) is 0.222. The smallest absolute Gasteiger partial charge is 0.207 e. The number of halogens is 3. The summed E-state index contributed by atoms with van der Waals surface area (Å²) in [5.74, 6) is -4.71. The third-order valence-corrected chi connectivity index (χ3v) is 3.86. The van der Waals surface area contributed by atoms with Crippen LogP contribution in [0.4, 0.5) is 8.78 Å². The molecule has 0 bridgehead atoms. The Balaban J connectivity index is 0.000000194. The summed E-state index contributed by atoms with van der Waals surface area (Å²) < 4.78 is 31.0. The van der Waals surface area contributed by atoms with Crippen molar-refractivity contribution < 1.29 is 38.4 Å². The Morgan fingerprint density at radius 2 is 1.70 bits per heavy atom. The zero-order chi connectivity index (χ0) is 20.1. The van der Waals surface area contributed by atoms with Crippen LogP contribution >= 0.6 is 11.6 Å². The summed E-state index contributed by atoms with van der Waals surface area (Å²) in [4.78, 5) is 22.5. The van der Waals surface area contributed by atoms with Gasteiger partial charge >= 0.3 is 0 Å². The van der Waals surface area contributed by atoms with E-state index < -0.39 is 34.7 Å². The first-order chi connectivity index (χ1) is 12.8. The zero-order valence-electron chi connectivity index (χ0n) is 13.8. The molecule has 0 amide bonds. The maximum atomic E-state index is 13.1. The number of benzene rings is 2. The molecule has 1 aliphatic rings. The zero-order valence-corrected chi connectivity index (χ0v) is 14.6. The van der Waals surface area contributed by atoms with Gasteiger partial charge in [0, 0.05) is 18.7 Å². The van der Waals surface area contributed by atoms with E-state index in [4.69, 9.17) is 26.6 Å². The fourth-order valence-corrected chi connectivity index (χ4v) is 2.46. The molecule has 2 aromatic carbocycles. The van der Waals surface area contributed by atoms with Gasteiger partial charge < -0.3 is 20.1 Å². The average molecular weight is 401 g/mol. The maximum absolute atomic E-state index is 13.1. The van der Waals surface area contributed by atoms with E-state index in [0.29, 0.717) is 0 Å². The van der Waals surface area contributed by atoms with Crippen molar-refractivity contribution >= 4 is 23.2 Å². The molecule has 0 saturated carbocycles. The van der Waals surface area contributed by atoms with Crippen molar-refractivity contribution in [3.05, 3.63) is 47.0 Å². The first-order valence-electron chi connectivity index (χ1n) is 7.75. The van der Waals surface area contributed by atoms with E-state index in [2.05, 4.69) is 0 Å². The van der Waals surface area contributed by atoms with Gasteiger partial charge in [-0.3, -0.25) is 9.59 Å². The van der Waals surface area contributed by atoms with Gasteiger partial charge in [-0.2, -0.15) is 8.78 Å². The summed E-state index contributed by atoms with van der Waals surface area (Å²) in [6.45, 7) is 0.173. The minimum Gasteiger partial charge on any atom is -0.505 e. The summed E-state index contributed by atoms with van der Waals surface area (Å²) in [7, 11) is 0. The Morgan fingerprint density at radius 3 is 2.37 bits per heavy atom. The summed E-state index contributed by atoms with van der Waals surface area (Å²) >= 11 is 5.32. The molecule has 3 rings (SSSR count). The molecule has 0 fully saturated rings. The molecular weight excluding hydrogens is 386 g/mol. The van der Waals surface area contributed by atoms with Crippen LogP contribution in [0.2, 0.25) is 0 Å². The lowest BCUT2D eigenvalue weighted by Gasteiger charge is -2.16. The molecule has 0 spiro atoms. The molecule has 0 radical (unpaired) electrons. The Morgan fingerprint density at radius 1 is 1.07 bits per heavy atom. The lowest BCUT2D eigenvalue weighted by molar-refractivity contribution is 0.0927. The predicted octanol–water partition coefficient (Wildman–Crippen LogP) is 3.55. The largest absolute Gasteiger partial charge is 0.505 e. The van der Waals surface area contributed by atoms with Crippen molar-refractivity contribution in [1.82, 2.24) is 0 Å². The van der Waals surface area contributed by atoms with Gasteiger partial charge in [0.05, 0.1) is 17.7 Å². The molecule has 27 heavy (non-hydrogen) atoms. The van der Waals surface area contributed by atoms with Gasteiger partial charge in [0.2, 0.25) is 11.6 Å². The molecule has 1 heterocycles. The average Bonchev–Trinajstić information content (AvgIpc) is 2.64. The van der Waals surface area contributed by atoms with Crippen LogP contribution in [0.25, 0.3) is 0 Å². The number of aromatic hydroxyl groups is 3. The van der Waals surface area contributed by atoms with Crippen molar-refractivity contribution in [3.63, 3.8) is 0 Å². The Bertz CT molecular complexity index is 885. The fourth-order valence-electron chi connectivity index (χ4n) is 2.29. The van der Waals surface area contributed by atoms with E-state index in [1.54, 1.807) is 0 Å².